The molecule has 1 aliphatic rings. The highest BCUT2D eigenvalue weighted by Gasteiger charge is 2.22. The van der Waals surface area contributed by atoms with Gasteiger partial charge in [-0.3, -0.25) is 19.6 Å². The van der Waals surface area contributed by atoms with Gasteiger partial charge in [0.25, 0.3) is 21.6 Å². The first-order chi connectivity index (χ1) is 16.3. The Kier molecular flexibility index (Phi) is 6.78. The Morgan fingerprint density at radius 3 is 2.29 bits per heavy atom. The van der Waals surface area contributed by atoms with Crippen LogP contribution in [-0.4, -0.2) is 32.3 Å². The number of sulfonamides is 1. The molecule has 0 radical (unpaired) electrons. The molecule has 0 aliphatic carbocycles. The predicted octanol–water partition coefficient (Wildman–Crippen LogP) is 3.93. The van der Waals surface area contributed by atoms with Crippen LogP contribution in [0.5, 0.6) is 0 Å². The third kappa shape index (κ3) is 5.34. The molecule has 1 saturated heterocycles. The molecule has 3 aromatic rings. The molecule has 0 saturated carbocycles. The molecule has 1 amide bonds. The Morgan fingerprint density at radius 2 is 1.65 bits per heavy atom. The van der Waals surface area contributed by atoms with E-state index in [0.717, 1.165) is 49.3 Å². The van der Waals surface area contributed by atoms with Crippen LogP contribution in [0.15, 0.2) is 77.7 Å². The number of anilines is 2. The zero-order valence-corrected chi connectivity index (χ0v) is 19.1. The van der Waals surface area contributed by atoms with Crippen molar-refractivity contribution in [2.24, 2.45) is 0 Å². The van der Waals surface area contributed by atoms with Gasteiger partial charge in [0, 0.05) is 43.1 Å². The molecule has 3 aromatic carbocycles. The van der Waals surface area contributed by atoms with Crippen molar-refractivity contribution in [2.75, 3.05) is 22.7 Å². The maximum atomic E-state index is 13.1. The van der Waals surface area contributed by atoms with E-state index in [1.807, 2.05) is 30.3 Å². The second-order valence-electron chi connectivity index (χ2n) is 7.95. The quantitative estimate of drug-likeness (QED) is 0.372. The Labute approximate surface area is 197 Å². The molecule has 9 nitrogen and oxygen atoms in total. The predicted molar refractivity (Wildman–Crippen MR) is 129 cm³/mol. The molecule has 10 heteroatoms. The molecule has 1 heterocycles. The monoisotopic (exact) mass is 480 g/mol. The highest BCUT2D eigenvalue weighted by Crippen LogP contribution is 2.29. The number of nitrogens with one attached hydrogen (secondary N) is 2. The molecule has 0 unspecified atom stereocenters. The second-order valence-corrected chi connectivity index (χ2v) is 9.63. The molecule has 34 heavy (non-hydrogen) atoms. The van der Waals surface area contributed by atoms with Crippen molar-refractivity contribution in [2.45, 2.75) is 24.3 Å². The molecule has 0 aromatic heterocycles. The van der Waals surface area contributed by atoms with E-state index in [9.17, 15) is 23.3 Å². The van der Waals surface area contributed by atoms with Gasteiger partial charge in [-0.05, 0) is 48.7 Å². The van der Waals surface area contributed by atoms with Gasteiger partial charge in [0.1, 0.15) is 0 Å². The molecule has 0 spiro atoms. The molecule has 1 fully saturated rings. The Bertz CT molecular complexity index is 1290. The van der Waals surface area contributed by atoms with Crippen LogP contribution < -0.4 is 14.9 Å². The largest absolute Gasteiger partial charge is 0.371 e. The molecule has 0 bridgehead atoms. The standard InChI is InChI=1S/C24H24N4O5S/c29-24(25-17-18-6-2-1-3-7-18)22-16-19(8-13-23(22)27-14-4-5-15-27)26-34(32,33)21-11-9-20(10-12-21)28(30)31/h1-3,6-13,16,26H,4-5,14-15,17H2,(H,25,29). The minimum Gasteiger partial charge on any atom is -0.371 e. The minimum absolute atomic E-state index is 0.114. The summed E-state index contributed by atoms with van der Waals surface area (Å²) in [4.78, 5) is 25.4. The fraction of sp³-hybridized carbons (Fsp3) is 0.208. The summed E-state index contributed by atoms with van der Waals surface area (Å²) >= 11 is 0. The Balaban J connectivity index is 1.59. The van der Waals surface area contributed by atoms with Crippen LogP contribution in [-0.2, 0) is 16.6 Å². The van der Waals surface area contributed by atoms with Gasteiger partial charge in [-0.2, -0.15) is 0 Å². The molecule has 176 valence electrons. The SMILES string of the molecule is O=C(NCc1ccccc1)c1cc(NS(=O)(=O)c2ccc([N+](=O)[O-])cc2)ccc1N1CCCC1. The van der Waals surface area contributed by atoms with Crippen molar-refractivity contribution >= 4 is 33.0 Å². The topological polar surface area (TPSA) is 122 Å². The third-order valence-corrected chi connectivity index (χ3v) is 6.99. The summed E-state index contributed by atoms with van der Waals surface area (Å²) in [5.41, 5.74) is 2.11. The molecular weight excluding hydrogens is 456 g/mol. The van der Waals surface area contributed by atoms with Crippen molar-refractivity contribution in [1.82, 2.24) is 5.32 Å². The number of amides is 1. The van der Waals surface area contributed by atoms with Gasteiger partial charge in [-0.1, -0.05) is 30.3 Å². The fourth-order valence-electron chi connectivity index (χ4n) is 3.85. The normalized spacial score (nSPS) is 13.5. The first-order valence-corrected chi connectivity index (χ1v) is 12.3. The van der Waals surface area contributed by atoms with Crippen LogP contribution in [0.2, 0.25) is 0 Å². The van der Waals surface area contributed by atoms with Crippen molar-refractivity contribution in [3.05, 3.63) is 94.0 Å². The first kappa shape index (κ1) is 23.2. The van der Waals surface area contributed by atoms with Gasteiger partial charge in [0.05, 0.1) is 15.4 Å². The zero-order chi connectivity index (χ0) is 24.1. The van der Waals surface area contributed by atoms with Crippen molar-refractivity contribution in [3.8, 4) is 0 Å². The lowest BCUT2D eigenvalue weighted by Gasteiger charge is -2.22. The maximum Gasteiger partial charge on any atom is 0.269 e. The van der Waals surface area contributed by atoms with Gasteiger partial charge >= 0.3 is 0 Å². The van der Waals surface area contributed by atoms with E-state index in [4.69, 9.17) is 0 Å². The smallest absolute Gasteiger partial charge is 0.269 e. The lowest BCUT2D eigenvalue weighted by molar-refractivity contribution is -0.384. The van der Waals surface area contributed by atoms with Crippen molar-refractivity contribution in [3.63, 3.8) is 0 Å². The summed E-state index contributed by atoms with van der Waals surface area (Å²) in [6.45, 7) is 2.00. The molecule has 4 rings (SSSR count). The van der Waals surface area contributed by atoms with E-state index in [1.54, 1.807) is 12.1 Å². The highest BCUT2D eigenvalue weighted by atomic mass is 32.2. The third-order valence-electron chi connectivity index (χ3n) is 5.59. The van der Waals surface area contributed by atoms with Gasteiger partial charge in [-0.25, -0.2) is 8.42 Å². The van der Waals surface area contributed by atoms with Gasteiger partial charge in [0.15, 0.2) is 0 Å². The summed E-state index contributed by atoms with van der Waals surface area (Å²) in [6.07, 6.45) is 2.05. The van der Waals surface area contributed by atoms with Crippen LogP contribution >= 0.6 is 0 Å². The van der Waals surface area contributed by atoms with E-state index in [1.165, 1.54) is 18.2 Å². The number of nitro groups is 1. The van der Waals surface area contributed by atoms with E-state index in [0.29, 0.717) is 12.1 Å². The number of nitro benzene ring substituents is 1. The molecule has 1 aliphatic heterocycles. The first-order valence-electron chi connectivity index (χ1n) is 10.8. The van der Waals surface area contributed by atoms with Crippen LogP contribution in [0.25, 0.3) is 0 Å². The highest BCUT2D eigenvalue weighted by molar-refractivity contribution is 7.92. The Morgan fingerprint density at radius 1 is 0.971 bits per heavy atom. The van der Waals surface area contributed by atoms with E-state index < -0.39 is 14.9 Å². The summed E-state index contributed by atoms with van der Waals surface area (Å²) in [5, 5.41) is 13.7. The van der Waals surface area contributed by atoms with Crippen LogP contribution in [0.3, 0.4) is 0 Å². The minimum atomic E-state index is -4.00. The molecule has 2 N–H and O–H groups in total. The Hall–Kier alpha value is -3.92. The van der Waals surface area contributed by atoms with E-state index in [2.05, 4.69) is 14.9 Å². The molecule has 0 atom stereocenters. The van der Waals surface area contributed by atoms with Gasteiger partial charge in [0.2, 0.25) is 0 Å². The zero-order valence-electron chi connectivity index (χ0n) is 18.3. The fourth-order valence-corrected chi connectivity index (χ4v) is 4.90. The summed E-state index contributed by atoms with van der Waals surface area (Å²) in [6, 6.07) is 19.0. The average molecular weight is 481 g/mol. The number of hydrogen-bond acceptors (Lipinski definition) is 6. The van der Waals surface area contributed by atoms with E-state index >= 15 is 0 Å². The van der Waals surface area contributed by atoms with Crippen LogP contribution in [0.1, 0.15) is 28.8 Å². The average Bonchev–Trinajstić information content (AvgIpc) is 3.38. The van der Waals surface area contributed by atoms with E-state index in [-0.39, 0.29) is 22.2 Å². The number of hydrogen-bond donors (Lipinski definition) is 2. The van der Waals surface area contributed by atoms with Crippen molar-refractivity contribution in [1.29, 1.82) is 0 Å². The van der Waals surface area contributed by atoms with Crippen LogP contribution in [0.4, 0.5) is 17.1 Å². The second kappa shape index (κ2) is 9.92. The lowest BCUT2D eigenvalue weighted by atomic mass is 10.1. The van der Waals surface area contributed by atoms with Gasteiger partial charge < -0.3 is 10.2 Å². The number of non-ortho nitro benzene ring substituents is 1. The van der Waals surface area contributed by atoms with Crippen LogP contribution in [0, 0.1) is 10.1 Å². The summed E-state index contributed by atoms with van der Waals surface area (Å²) in [5.74, 6) is -0.304. The summed E-state index contributed by atoms with van der Waals surface area (Å²) in [7, 11) is -4.00. The number of nitrogens with zero attached hydrogens (tertiary/aromatic N) is 2. The van der Waals surface area contributed by atoms with Crippen molar-refractivity contribution < 1.29 is 18.1 Å². The lowest BCUT2D eigenvalue weighted by Crippen LogP contribution is -2.27. The maximum absolute atomic E-state index is 13.1. The number of carbonyl (C=O) groups is 1. The molecular formula is C24H24N4O5S. The van der Waals surface area contributed by atoms with Gasteiger partial charge in [-0.15, -0.1) is 0 Å². The number of benzene rings is 3. The number of rotatable bonds is 8. The number of carbonyl (C=O) groups excluding carboxylic acids is 1. The summed E-state index contributed by atoms with van der Waals surface area (Å²) < 4.78 is 28.1.